The lowest BCUT2D eigenvalue weighted by atomic mass is 10.2. The molecule has 0 aliphatic carbocycles. The van der Waals surface area contributed by atoms with E-state index in [0.29, 0.717) is 12.2 Å². The molecule has 0 aromatic carbocycles. The number of hydrogen-bond acceptors (Lipinski definition) is 2. The molecular weight excluding hydrogens is 202 g/mol. The van der Waals surface area contributed by atoms with Crippen molar-refractivity contribution in [1.29, 1.82) is 0 Å². The zero-order chi connectivity index (χ0) is 12.6. The van der Waals surface area contributed by atoms with E-state index in [0.717, 1.165) is 23.9 Å². The Balaban J connectivity index is 3.41. The maximum absolute atomic E-state index is 11.1. The van der Waals surface area contributed by atoms with Crippen LogP contribution in [0.1, 0.15) is 33.1 Å². The second-order valence-electron chi connectivity index (χ2n) is 4.95. The van der Waals surface area contributed by atoms with Crippen LogP contribution in [0.15, 0.2) is 12.2 Å². The highest BCUT2D eigenvalue weighted by Crippen LogP contribution is 2.04. The Kier molecular flexibility index (Phi) is 7.06. The van der Waals surface area contributed by atoms with Gasteiger partial charge < -0.3 is 9.22 Å². The van der Waals surface area contributed by atoms with Crippen LogP contribution >= 0.6 is 0 Å². The third-order valence-electron chi connectivity index (χ3n) is 2.85. The molecule has 0 N–H and O–H groups in total. The van der Waals surface area contributed by atoms with E-state index in [1.165, 1.54) is 13.0 Å². The zero-order valence-corrected chi connectivity index (χ0v) is 11.2. The van der Waals surface area contributed by atoms with Crippen molar-refractivity contribution in [2.45, 2.75) is 33.1 Å². The SMILES string of the molecule is C=C(C)C(=O)OCCCCC[N+](C)(C)CC. The lowest BCUT2D eigenvalue weighted by Gasteiger charge is -2.28. The molecule has 0 saturated carbocycles. The van der Waals surface area contributed by atoms with Crippen LogP contribution in [0.25, 0.3) is 0 Å². The van der Waals surface area contributed by atoms with Gasteiger partial charge in [-0.3, -0.25) is 0 Å². The molecule has 0 spiro atoms. The highest BCUT2D eigenvalue weighted by Gasteiger charge is 2.10. The fourth-order valence-corrected chi connectivity index (χ4v) is 1.26. The van der Waals surface area contributed by atoms with E-state index in [4.69, 9.17) is 4.74 Å². The summed E-state index contributed by atoms with van der Waals surface area (Å²) < 4.78 is 6.08. The van der Waals surface area contributed by atoms with E-state index >= 15 is 0 Å². The first-order valence-electron chi connectivity index (χ1n) is 6.03. The molecule has 0 fully saturated rings. The summed E-state index contributed by atoms with van der Waals surface area (Å²) in [5.74, 6) is -0.273. The van der Waals surface area contributed by atoms with Crippen LogP contribution in [0, 0.1) is 0 Å². The average molecular weight is 228 g/mol. The van der Waals surface area contributed by atoms with Crippen molar-refractivity contribution in [3.05, 3.63) is 12.2 Å². The first-order valence-corrected chi connectivity index (χ1v) is 6.03. The molecule has 0 aromatic heterocycles. The van der Waals surface area contributed by atoms with Gasteiger partial charge in [-0.25, -0.2) is 4.79 Å². The quantitative estimate of drug-likeness (QED) is 0.276. The van der Waals surface area contributed by atoms with E-state index in [2.05, 4.69) is 27.6 Å². The van der Waals surface area contributed by atoms with Gasteiger partial charge in [0.05, 0.1) is 33.8 Å². The molecule has 3 heteroatoms. The molecule has 16 heavy (non-hydrogen) atoms. The fraction of sp³-hybridized carbons (Fsp3) is 0.769. The van der Waals surface area contributed by atoms with Crippen molar-refractivity contribution in [3.63, 3.8) is 0 Å². The average Bonchev–Trinajstić information content (AvgIpc) is 2.22. The van der Waals surface area contributed by atoms with Gasteiger partial charge in [-0.05, 0) is 33.1 Å². The lowest BCUT2D eigenvalue weighted by molar-refractivity contribution is -0.888. The predicted octanol–water partition coefficient (Wildman–Crippen LogP) is 2.37. The van der Waals surface area contributed by atoms with Crippen molar-refractivity contribution < 1.29 is 14.0 Å². The Morgan fingerprint density at radius 1 is 1.25 bits per heavy atom. The van der Waals surface area contributed by atoms with E-state index in [1.54, 1.807) is 6.92 Å². The molecule has 0 atom stereocenters. The van der Waals surface area contributed by atoms with Crippen LogP contribution in [0.4, 0.5) is 0 Å². The van der Waals surface area contributed by atoms with Crippen LogP contribution in [0.3, 0.4) is 0 Å². The maximum Gasteiger partial charge on any atom is 0.333 e. The largest absolute Gasteiger partial charge is 0.462 e. The fourth-order valence-electron chi connectivity index (χ4n) is 1.26. The maximum atomic E-state index is 11.1. The van der Waals surface area contributed by atoms with E-state index in [1.807, 2.05) is 0 Å². The Hall–Kier alpha value is -0.830. The van der Waals surface area contributed by atoms with Gasteiger partial charge in [-0.15, -0.1) is 0 Å². The molecule has 0 saturated heterocycles. The van der Waals surface area contributed by atoms with Crippen LogP contribution < -0.4 is 0 Å². The van der Waals surface area contributed by atoms with Crippen molar-refractivity contribution in [1.82, 2.24) is 0 Å². The minimum Gasteiger partial charge on any atom is -0.462 e. The lowest BCUT2D eigenvalue weighted by Crippen LogP contribution is -2.39. The Morgan fingerprint density at radius 2 is 1.88 bits per heavy atom. The summed E-state index contributed by atoms with van der Waals surface area (Å²) in [5.41, 5.74) is 0.476. The minimum absolute atomic E-state index is 0.273. The van der Waals surface area contributed by atoms with Gasteiger partial charge in [0, 0.05) is 5.57 Å². The van der Waals surface area contributed by atoms with Crippen molar-refractivity contribution in [2.75, 3.05) is 33.8 Å². The van der Waals surface area contributed by atoms with Gasteiger partial charge >= 0.3 is 5.97 Å². The summed E-state index contributed by atoms with van der Waals surface area (Å²) in [6.07, 6.45) is 3.25. The predicted molar refractivity (Wildman–Crippen MR) is 67.1 cm³/mol. The summed E-state index contributed by atoms with van der Waals surface area (Å²) in [4.78, 5) is 11.1. The van der Waals surface area contributed by atoms with Gasteiger partial charge in [0.15, 0.2) is 0 Å². The highest BCUT2D eigenvalue weighted by molar-refractivity contribution is 5.86. The van der Waals surface area contributed by atoms with Crippen molar-refractivity contribution >= 4 is 5.97 Å². The molecule has 0 unspecified atom stereocenters. The molecule has 3 nitrogen and oxygen atoms in total. The third kappa shape index (κ3) is 7.46. The second-order valence-corrected chi connectivity index (χ2v) is 4.95. The topological polar surface area (TPSA) is 26.3 Å². The molecule has 94 valence electrons. The molecule has 0 radical (unpaired) electrons. The summed E-state index contributed by atoms with van der Waals surface area (Å²) in [6, 6.07) is 0. The Morgan fingerprint density at radius 3 is 2.38 bits per heavy atom. The molecule has 0 bridgehead atoms. The van der Waals surface area contributed by atoms with Crippen LogP contribution in [-0.2, 0) is 9.53 Å². The van der Waals surface area contributed by atoms with E-state index in [9.17, 15) is 4.79 Å². The smallest absolute Gasteiger partial charge is 0.333 e. The number of unbranched alkanes of at least 4 members (excludes halogenated alkanes) is 2. The van der Waals surface area contributed by atoms with Gasteiger partial charge in [0.25, 0.3) is 0 Å². The molecule has 0 aliphatic heterocycles. The summed E-state index contributed by atoms with van der Waals surface area (Å²) in [5, 5.41) is 0. The highest BCUT2D eigenvalue weighted by atomic mass is 16.5. The van der Waals surface area contributed by atoms with Crippen LogP contribution in [0.5, 0.6) is 0 Å². The van der Waals surface area contributed by atoms with Crippen LogP contribution in [0.2, 0.25) is 0 Å². The number of hydrogen-bond donors (Lipinski definition) is 0. The molecule has 0 aliphatic rings. The normalized spacial score (nSPS) is 11.2. The summed E-state index contributed by atoms with van der Waals surface area (Å²) in [7, 11) is 4.47. The number of esters is 1. The second kappa shape index (κ2) is 7.44. The Bertz CT molecular complexity index is 234. The number of carbonyl (C=O) groups is 1. The molecule has 0 amide bonds. The van der Waals surface area contributed by atoms with Crippen LogP contribution in [-0.4, -0.2) is 44.2 Å². The first kappa shape index (κ1) is 15.2. The van der Waals surface area contributed by atoms with E-state index < -0.39 is 0 Å². The third-order valence-corrected chi connectivity index (χ3v) is 2.85. The monoisotopic (exact) mass is 228 g/mol. The Labute approximate surface area is 99.7 Å². The number of ether oxygens (including phenoxy) is 1. The molecular formula is C13H26NO2+. The first-order chi connectivity index (χ1) is 7.39. The van der Waals surface area contributed by atoms with Gasteiger partial charge in [0.1, 0.15) is 0 Å². The molecule has 0 heterocycles. The van der Waals surface area contributed by atoms with E-state index in [-0.39, 0.29) is 5.97 Å². The summed E-state index contributed by atoms with van der Waals surface area (Å²) >= 11 is 0. The number of quaternary nitrogens is 1. The number of nitrogens with zero attached hydrogens (tertiary/aromatic N) is 1. The zero-order valence-electron chi connectivity index (χ0n) is 11.2. The standard InChI is InChI=1S/C13H26NO2/c1-6-14(4,5)10-8-7-9-11-16-13(15)12(2)3/h2,6-11H2,1,3-5H3/q+1. The summed E-state index contributed by atoms with van der Waals surface area (Å²) in [6.45, 7) is 10.3. The molecule has 0 aromatic rings. The van der Waals surface area contributed by atoms with Gasteiger partial charge in [0.2, 0.25) is 0 Å². The van der Waals surface area contributed by atoms with Crippen molar-refractivity contribution in [3.8, 4) is 0 Å². The van der Waals surface area contributed by atoms with Crippen molar-refractivity contribution in [2.24, 2.45) is 0 Å². The molecule has 0 rings (SSSR count). The number of carbonyl (C=O) groups excluding carboxylic acids is 1. The number of rotatable bonds is 8. The van der Waals surface area contributed by atoms with Gasteiger partial charge in [-0.2, -0.15) is 0 Å². The van der Waals surface area contributed by atoms with Gasteiger partial charge in [-0.1, -0.05) is 6.58 Å². The minimum atomic E-state index is -0.273.